The number of hydrogen-bond acceptors (Lipinski definition) is 5. The van der Waals surface area contributed by atoms with E-state index in [0.717, 1.165) is 29.9 Å². The number of aromatic nitrogens is 1. The van der Waals surface area contributed by atoms with Gasteiger partial charge in [-0.05, 0) is 31.2 Å². The first-order chi connectivity index (χ1) is 10.6. The Morgan fingerprint density at radius 2 is 2.00 bits per heavy atom. The minimum absolute atomic E-state index is 0.0166. The highest BCUT2D eigenvalue weighted by Gasteiger charge is 2.17. The smallest absolute Gasteiger partial charge is 0.159 e. The molecule has 0 atom stereocenters. The Balaban J connectivity index is 2.10. The summed E-state index contributed by atoms with van der Waals surface area (Å²) in [7, 11) is 0. The molecule has 0 radical (unpaired) electrons. The van der Waals surface area contributed by atoms with Gasteiger partial charge in [-0.1, -0.05) is 0 Å². The molecule has 1 fully saturated rings. The Hall–Kier alpha value is -2.40. The fourth-order valence-electron chi connectivity index (χ4n) is 2.64. The molecule has 5 heteroatoms. The van der Waals surface area contributed by atoms with Crippen molar-refractivity contribution in [1.82, 2.24) is 4.98 Å². The van der Waals surface area contributed by atoms with Crippen LogP contribution in [0, 0.1) is 0 Å². The fourth-order valence-corrected chi connectivity index (χ4v) is 2.64. The highest BCUT2D eigenvalue weighted by atomic mass is 16.5. The van der Waals surface area contributed by atoms with E-state index in [0.29, 0.717) is 18.8 Å². The summed E-state index contributed by atoms with van der Waals surface area (Å²) in [5.41, 5.74) is 3.37. The van der Waals surface area contributed by atoms with Crippen LogP contribution in [0.5, 0.6) is 5.75 Å². The molecule has 0 spiro atoms. The molecule has 2 heterocycles. The molecule has 1 aromatic carbocycles. The zero-order valence-electron chi connectivity index (χ0n) is 12.5. The number of benzene rings is 1. The van der Waals surface area contributed by atoms with Gasteiger partial charge in [0.25, 0.3) is 0 Å². The summed E-state index contributed by atoms with van der Waals surface area (Å²) < 4.78 is 5.40. The summed E-state index contributed by atoms with van der Waals surface area (Å²) in [6.07, 6.45) is 3.09. The molecule has 0 amide bonds. The number of rotatable bonds is 3. The molecule has 1 saturated heterocycles. The van der Waals surface area contributed by atoms with Crippen LogP contribution in [0.3, 0.4) is 0 Å². The predicted molar refractivity (Wildman–Crippen MR) is 84.4 cm³/mol. The molecule has 0 aliphatic carbocycles. The van der Waals surface area contributed by atoms with Crippen molar-refractivity contribution in [3.8, 4) is 16.9 Å². The Kier molecular flexibility index (Phi) is 4.06. The molecule has 2 aromatic rings. The summed E-state index contributed by atoms with van der Waals surface area (Å²) in [6.45, 7) is 4.53. The normalized spacial score (nSPS) is 14.9. The van der Waals surface area contributed by atoms with Crippen LogP contribution in [0.25, 0.3) is 11.1 Å². The van der Waals surface area contributed by atoms with E-state index in [4.69, 9.17) is 4.74 Å². The lowest BCUT2D eigenvalue weighted by Crippen LogP contribution is -2.36. The van der Waals surface area contributed by atoms with E-state index in [1.807, 2.05) is 18.2 Å². The number of pyridine rings is 1. The second-order valence-corrected chi connectivity index (χ2v) is 5.32. The number of carbonyl (C=O) groups is 1. The summed E-state index contributed by atoms with van der Waals surface area (Å²) in [6, 6.07) is 7.33. The maximum absolute atomic E-state index is 11.7. The summed E-state index contributed by atoms with van der Waals surface area (Å²) in [4.78, 5) is 18.0. The third-order valence-corrected chi connectivity index (χ3v) is 3.79. The zero-order chi connectivity index (χ0) is 15.5. The molecular formula is C17H18N2O3. The second-order valence-electron chi connectivity index (χ2n) is 5.32. The van der Waals surface area contributed by atoms with Gasteiger partial charge in [0.05, 0.1) is 19.4 Å². The number of ether oxygens (including phenoxy) is 1. The molecule has 3 rings (SSSR count). The van der Waals surface area contributed by atoms with Crippen LogP contribution < -0.4 is 4.90 Å². The molecular weight excluding hydrogens is 280 g/mol. The lowest BCUT2D eigenvalue weighted by atomic mass is 9.99. The van der Waals surface area contributed by atoms with Gasteiger partial charge in [0.1, 0.15) is 5.75 Å². The molecule has 1 aromatic heterocycles. The van der Waals surface area contributed by atoms with Gasteiger partial charge in [-0.2, -0.15) is 0 Å². The van der Waals surface area contributed by atoms with Crippen LogP contribution in [-0.4, -0.2) is 42.2 Å². The number of anilines is 1. The van der Waals surface area contributed by atoms with Crippen molar-refractivity contribution in [2.75, 3.05) is 31.2 Å². The first kappa shape index (κ1) is 14.5. The summed E-state index contributed by atoms with van der Waals surface area (Å²) in [5.74, 6) is 0.126. The van der Waals surface area contributed by atoms with E-state index in [1.165, 1.54) is 6.20 Å². The Morgan fingerprint density at radius 3 is 2.68 bits per heavy atom. The van der Waals surface area contributed by atoms with Crippen LogP contribution in [0.15, 0.2) is 36.7 Å². The molecule has 1 aliphatic rings. The molecule has 0 bridgehead atoms. The highest BCUT2D eigenvalue weighted by Crippen LogP contribution is 2.33. The van der Waals surface area contributed by atoms with E-state index in [9.17, 15) is 9.90 Å². The maximum atomic E-state index is 11.7. The van der Waals surface area contributed by atoms with Crippen molar-refractivity contribution in [3.05, 3.63) is 42.2 Å². The standard InChI is InChI=1S/C17H18N2O3/c1-12(20)13-2-3-17(19-4-6-22-7-5-19)16(9-13)14-8-15(21)11-18-10-14/h2-3,8-11,21H,4-7H2,1H3. The van der Waals surface area contributed by atoms with Crippen molar-refractivity contribution in [3.63, 3.8) is 0 Å². The summed E-state index contributed by atoms with van der Waals surface area (Å²) in [5, 5.41) is 9.69. The van der Waals surface area contributed by atoms with E-state index in [1.54, 1.807) is 19.2 Å². The van der Waals surface area contributed by atoms with E-state index >= 15 is 0 Å². The number of aromatic hydroxyl groups is 1. The third-order valence-electron chi connectivity index (χ3n) is 3.79. The van der Waals surface area contributed by atoms with Gasteiger partial charge in [0, 0.05) is 41.7 Å². The van der Waals surface area contributed by atoms with Crippen LogP contribution in [0.2, 0.25) is 0 Å². The monoisotopic (exact) mass is 298 g/mol. The quantitative estimate of drug-likeness (QED) is 0.882. The first-order valence-corrected chi connectivity index (χ1v) is 7.27. The molecule has 0 unspecified atom stereocenters. The van der Waals surface area contributed by atoms with Crippen molar-refractivity contribution >= 4 is 11.5 Å². The van der Waals surface area contributed by atoms with Gasteiger partial charge in [0.15, 0.2) is 5.78 Å². The number of morpholine rings is 1. The maximum Gasteiger partial charge on any atom is 0.159 e. The Morgan fingerprint density at radius 1 is 1.23 bits per heavy atom. The lowest BCUT2D eigenvalue weighted by Gasteiger charge is -2.31. The second kappa shape index (κ2) is 6.15. The number of carbonyl (C=O) groups excluding carboxylic acids is 1. The summed E-state index contributed by atoms with van der Waals surface area (Å²) >= 11 is 0. The van der Waals surface area contributed by atoms with Gasteiger partial charge in [0.2, 0.25) is 0 Å². The van der Waals surface area contributed by atoms with Crippen molar-refractivity contribution < 1.29 is 14.6 Å². The van der Waals surface area contributed by atoms with Crippen LogP contribution in [0.4, 0.5) is 5.69 Å². The minimum Gasteiger partial charge on any atom is -0.506 e. The number of hydrogen-bond donors (Lipinski definition) is 1. The van der Waals surface area contributed by atoms with E-state index in [-0.39, 0.29) is 11.5 Å². The predicted octanol–water partition coefficient (Wildman–Crippen LogP) is 2.49. The van der Waals surface area contributed by atoms with Crippen LogP contribution in [0.1, 0.15) is 17.3 Å². The zero-order valence-corrected chi connectivity index (χ0v) is 12.5. The van der Waals surface area contributed by atoms with Crippen molar-refractivity contribution in [1.29, 1.82) is 0 Å². The molecule has 1 N–H and O–H groups in total. The van der Waals surface area contributed by atoms with Gasteiger partial charge < -0.3 is 14.7 Å². The van der Waals surface area contributed by atoms with E-state index < -0.39 is 0 Å². The average molecular weight is 298 g/mol. The number of ketones is 1. The Labute approximate surface area is 129 Å². The third kappa shape index (κ3) is 2.94. The fraction of sp³-hybridized carbons (Fsp3) is 0.294. The van der Waals surface area contributed by atoms with Gasteiger partial charge in [-0.25, -0.2) is 0 Å². The topological polar surface area (TPSA) is 62.7 Å². The van der Waals surface area contributed by atoms with Crippen molar-refractivity contribution in [2.24, 2.45) is 0 Å². The number of Topliss-reactive ketones (excluding diaryl/α,β-unsaturated/α-hetero) is 1. The van der Waals surface area contributed by atoms with Gasteiger partial charge >= 0.3 is 0 Å². The lowest BCUT2D eigenvalue weighted by molar-refractivity contribution is 0.101. The minimum atomic E-state index is 0.0166. The largest absolute Gasteiger partial charge is 0.506 e. The van der Waals surface area contributed by atoms with Crippen LogP contribution >= 0.6 is 0 Å². The number of nitrogens with zero attached hydrogens (tertiary/aromatic N) is 2. The molecule has 114 valence electrons. The van der Waals surface area contributed by atoms with E-state index in [2.05, 4.69) is 9.88 Å². The van der Waals surface area contributed by atoms with Gasteiger partial charge in [-0.3, -0.25) is 9.78 Å². The Bertz CT molecular complexity index is 694. The highest BCUT2D eigenvalue weighted by molar-refractivity contribution is 5.97. The van der Waals surface area contributed by atoms with Gasteiger partial charge in [-0.15, -0.1) is 0 Å². The molecule has 5 nitrogen and oxygen atoms in total. The molecule has 1 aliphatic heterocycles. The SMILES string of the molecule is CC(=O)c1ccc(N2CCOCC2)c(-c2cncc(O)c2)c1. The average Bonchev–Trinajstić information content (AvgIpc) is 2.55. The molecule has 22 heavy (non-hydrogen) atoms. The van der Waals surface area contributed by atoms with Crippen LogP contribution in [-0.2, 0) is 4.74 Å². The molecule has 0 saturated carbocycles. The first-order valence-electron chi connectivity index (χ1n) is 7.27. The van der Waals surface area contributed by atoms with Crippen molar-refractivity contribution in [2.45, 2.75) is 6.92 Å².